The molecule has 25 heavy (non-hydrogen) atoms. The molecule has 0 aliphatic carbocycles. The van der Waals surface area contributed by atoms with Gasteiger partial charge in [0.25, 0.3) is 0 Å². The number of aliphatic carboxylic acids is 1. The van der Waals surface area contributed by atoms with Crippen LogP contribution in [0.25, 0.3) is 11.6 Å². The van der Waals surface area contributed by atoms with Gasteiger partial charge in [-0.3, -0.25) is 0 Å². The van der Waals surface area contributed by atoms with Crippen molar-refractivity contribution in [2.45, 2.75) is 13.8 Å². The van der Waals surface area contributed by atoms with E-state index in [1.165, 1.54) is 0 Å². The number of hydrogen-bond acceptors (Lipinski definition) is 4. The largest absolute Gasteiger partial charge is 0.493 e. The lowest BCUT2D eigenvalue weighted by molar-refractivity contribution is -0.130. The van der Waals surface area contributed by atoms with Crippen LogP contribution < -0.4 is 14.2 Å². The molecule has 0 unspecified atom stereocenters. The third-order valence-corrected chi connectivity index (χ3v) is 3.71. The number of carboxylic acid groups (broad SMARTS) is 1. The summed E-state index contributed by atoms with van der Waals surface area (Å²) in [4.78, 5) is 11.8. The first-order valence-corrected chi connectivity index (χ1v) is 8.11. The van der Waals surface area contributed by atoms with Crippen molar-refractivity contribution in [3.05, 3.63) is 53.6 Å². The van der Waals surface area contributed by atoms with E-state index in [1.54, 1.807) is 24.3 Å². The summed E-state index contributed by atoms with van der Waals surface area (Å²) in [5.41, 5.74) is 1.44. The Balaban J connectivity index is 1.97. The van der Waals surface area contributed by atoms with Crippen LogP contribution in [0.1, 0.15) is 25.0 Å². The molecule has 0 atom stereocenters. The quantitative estimate of drug-likeness (QED) is 0.634. The highest BCUT2D eigenvalue weighted by Crippen LogP contribution is 2.35. The number of carbonyl (C=O) groups is 1. The van der Waals surface area contributed by atoms with Crippen molar-refractivity contribution in [1.29, 1.82) is 0 Å². The molecule has 5 heteroatoms. The molecule has 0 saturated heterocycles. The molecule has 0 aromatic heterocycles. The summed E-state index contributed by atoms with van der Waals surface area (Å²) in [7, 11) is 0. The molecule has 0 amide bonds. The summed E-state index contributed by atoms with van der Waals surface area (Å²) in [6, 6.07) is 12.5. The molecule has 0 bridgehead atoms. The summed E-state index contributed by atoms with van der Waals surface area (Å²) in [5, 5.41) is 9.66. The highest BCUT2D eigenvalue weighted by molar-refractivity contribution is 6.21. The Morgan fingerprint density at radius 2 is 1.96 bits per heavy atom. The van der Waals surface area contributed by atoms with Crippen LogP contribution in [-0.4, -0.2) is 24.5 Å². The van der Waals surface area contributed by atoms with Crippen LogP contribution in [0.2, 0.25) is 0 Å². The maximum atomic E-state index is 11.8. The van der Waals surface area contributed by atoms with Crippen LogP contribution in [-0.2, 0) is 4.79 Å². The van der Waals surface area contributed by atoms with Crippen molar-refractivity contribution < 1.29 is 24.1 Å². The van der Waals surface area contributed by atoms with Crippen molar-refractivity contribution in [1.82, 2.24) is 0 Å². The number of benzene rings is 2. The first kappa shape index (κ1) is 16.9. The average molecular weight is 340 g/mol. The number of carboxylic acids is 1. The van der Waals surface area contributed by atoms with E-state index in [9.17, 15) is 9.90 Å². The maximum absolute atomic E-state index is 11.8. The fourth-order valence-electron chi connectivity index (χ4n) is 2.48. The maximum Gasteiger partial charge on any atom is 0.336 e. The summed E-state index contributed by atoms with van der Waals surface area (Å²) in [5.74, 6) is 1.20. The van der Waals surface area contributed by atoms with Crippen LogP contribution in [0.4, 0.5) is 0 Å². The van der Waals surface area contributed by atoms with E-state index in [4.69, 9.17) is 14.2 Å². The fraction of sp³-hybridized carbons (Fsp3) is 0.250. The van der Waals surface area contributed by atoms with Gasteiger partial charge in [-0.2, -0.15) is 0 Å². The fourth-order valence-corrected chi connectivity index (χ4v) is 2.48. The van der Waals surface area contributed by atoms with E-state index in [1.807, 2.05) is 24.3 Å². The van der Waals surface area contributed by atoms with Crippen molar-refractivity contribution in [3.8, 4) is 17.2 Å². The number of ether oxygens (including phenoxy) is 3. The average Bonchev–Trinajstić information content (AvgIpc) is 3.06. The van der Waals surface area contributed by atoms with Crippen molar-refractivity contribution >= 4 is 17.6 Å². The van der Waals surface area contributed by atoms with Crippen LogP contribution in [0.15, 0.2) is 42.5 Å². The smallest absolute Gasteiger partial charge is 0.336 e. The second-order valence-corrected chi connectivity index (χ2v) is 6.17. The predicted octanol–water partition coefficient (Wildman–Crippen LogP) is 4.08. The number of rotatable bonds is 6. The van der Waals surface area contributed by atoms with Gasteiger partial charge >= 0.3 is 5.97 Å². The van der Waals surface area contributed by atoms with Gasteiger partial charge < -0.3 is 19.3 Å². The van der Waals surface area contributed by atoms with Gasteiger partial charge in [0.05, 0.1) is 12.2 Å². The Morgan fingerprint density at radius 1 is 1.20 bits per heavy atom. The second kappa shape index (κ2) is 7.30. The first-order valence-electron chi connectivity index (χ1n) is 8.11. The highest BCUT2D eigenvalue weighted by Gasteiger charge is 2.18. The molecule has 1 aliphatic rings. The first-order chi connectivity index (χ1) is 12.0. The van der Waals surface area contributed by atoms with Crippen LogP contribution >= 0.6 is 0 Å². The summed E-state index contributed by atoms with van der Waals surface area (Å²) < 4.78 is 16.4. The molecule has 2 aromatic carbocycles. The molecule has 1 heterocycles. The zero-order valence-electron chi connectivity index (χ0n) is 14.2. The molecular formula is C20H20O5. The zero-order chi connectivity index (χ0) is 17.8. The normalized spacial score (nSPS) is 13.2. The number of fused-ring (bicyclic) bond motifs is 1. The lowest BCUT2D eigenvalue weighted by atomic mass is 10.0. The zero-order valence-corrected chi connectivity index (χ0v) is 14.2. The van der Waals surface area contributed by atoms with Crippen LogP contribution in [0.3, 0.4) is 0 Å². The summed E-state index contributed by atoms with van der Waals surface area (Å²) in [6.45, 7) is 4.84. The van der Waals surface area contributed by atoms with Gasteiger partial charge in [-0.25, -0.2) is 4.79 Å². The molecule has 130 valence electrons. The number of hydrogen-bond donors (Lipinski definition) is 1. The van der Waals surface area contributed by atoms with Crippen LogP contribution in [0, 0.1) is 5.92 Å². The molecule has 0 fully saturated rings. The van der Waals surface area contributed by atoms with E-state index in [2.05, 4.69) is 13.8 Å². The van der Waals surface area contributed by atoms with E-state index in [0.29, 0.717) is 35.3 Å². The predicted molar refractivity (Wildman–Crippen MR) is 94.8 cm³/mol. The minimum Gasteiger partial charge on any atom is -0.493 e. The highest BCUT2D eigenvalue weighted by atomic mass is 16.7. The van der Waals surface area contributed by atoms with Gasteiger partial charge in [0.1, 0.15) is 5.75 Å². The Bertz CT molecular complexity index is 807. The van der Waals surface area contributed by atoms with Gasteiger partial charge in [-0.05, 0) is 35.8 Å². The standard InChI is InChI=1S/C20H20O5/c1-13(2)11-23-17-6-4-3-5-15(17)9-16(20(21)22)14-7-8-18-19(10-14)25-12-24-18/h3-10,13H,11-12H2,1-2H3,(H,21,22)/b16-9-. The molecule has 1 aliphatic heterocycles. The Kier molecular flexibility index (Phi) is 4.93. The summed E-state index contributed by atoms with van der Waals surface area (Å²) in [6.07, 6.45) is 1.62. The Labute approximate surface area is 146 Å². The molecule has 0 saturated carbocycles. The second-order valence-electron chi connectivity index (χ2n) is 6.17. The monoisotopic (exact) mass is 340 g/mol. The molecular weight excluding hydrogens is 320 g/mol. The van der Waals surface area contributed by atoms with Gasteiger partial charge in [0, 0.05) is 5.56 Å². The van der Waals surface area contributed by atoms with Crippen LogP contribution in [0.5, 0.6) is 17.2 Å². The third kappa shape index (κ3) is 3.94. The van der Waals surface area contributed by atoms with Gasteiger partial charge in [-0.15, -0.1) is 0 Å². The lowest BCUT2D eigenvalue weighted by Gasteiger charge is -2.12. The van der Waals surface area contributed by atoms with Gasteiger partial charge in [-0.1, -0.05) is 38.1 Å². The van der Waals surface area contributed by atoms with E-state index in [0.717, 1.165) is 5.56 Å². The Morgan fingerprint density at radius 3 is 2.72 bits per heavy atom. The van der Waals surface area contributed by atoms with E-state index < -0.39 is 5.97 Å². The molecule has 2 aromatic rings. The lowest BCUT2D eigenvalue weighted by Crippen LogP contribution is -2.06. The van der Waals surface area contributed by atoms with Gasteiger partial charge in [0.15, 0.2) is 11.5 Å². The third-order valence-electron chi connectivity index (χ3n) is 3.71. The molecule has 5 nitrogen and oxygen atoms in total. The van der Waals surface area contributed by atoms with Crippen molar-refractivity contribution in [2.24, 2.45) is 5.92 Å². The molecule has 1 N–H and O–H groups in total. The minimum atomic E-state index is -1.02. The van der Waals surface area contributed by atoms with E-state index in [-0.39, 0.29) is 12.4 Å². The molecule has 3 rings (SSSR count). The minimum absolute atomic E-state index is 0.150. The molecule has 0 spiro atoms. The molecule has 0 radical (unpaired) electrons. The van der Waals surface area contributed by atoms with Crippen molar-refractivity contribution in [3.63, 3.8) is 0 Å². The van der Waals surface area contributed by atoms with E-state index >= 15 is 0 Å². The Hall–Kier alpha value is -2.95. The number of para-hydroxylation sites is 1. The van der Waals surface area contributed by atoms with Gasteiger partial charge in [0.2, 0.25) is 6.79 Å². The summed E-state index contributed by atoms with van der Waals surface area (Å²) >= 11 is 0. The topological polar surface area (TPSA) is 65.0 Å². The van der Waals surface area contributed by atoms with Crippen molar-refractivity contribution in [2.75, 3.05) is 13.4 Å². The SMILES string of the molecule is CC(C)COc1ccccc1/C=C(\C(=O)O)c1ccc2c(c1)OCO2.